The lowest BCUT2D eigenvalue weighted by Gasteiger charge is -2.38. The molecule has 0 radical (unpaired) electrons. The molecule has 0 aromatic heterocycles. The zero-order chi connectivity index (χ0) is 19.2. The number of benzene rings is 1. The van der Waals surface area contributed by atoms with Crippen molar-refractivity contribution < 1.29 is 14.3 Å². The molecule has 2 heterocycles. The van der Waals surface area contributed by atoms with Crippen LogP contribution in [0.3, 0.4) is 0 Å². The summed E-state index contributed by atoms with van der Waals surface area (Å²) in [4.78, 5) is 18.9. The zero-order valence-electron chi connectivity index (χ0n) is 16.0. The van der Waals surface area contributed by atoms with E-state index in [0.29, 0.717) is 43.7 Å². The first-order valence-electron chi connectivity index (χ1n) is 9.38. The van der Waals surface area contributed by atoms with Crippen LogP contribution in [0.1, 0.15) is 6.42 Å². The van der Waals surface area contributed by atoms with Crippen molar-refractivity contribution >= 4 is 28.9 Å². The Bertz CT molecular complexity index is 664. The normalized spacial score (nSPS) is 19.4. The van der Waals surface area contributed by atoms with Gasteiger partial charge in [-0.15, -0.1) is 0 Å². The Morgan fingerprint density at radius 3 is 2.78 bits per heavy atom. The van der Waals surface area contributed by atoms with Crippen molar-refractivity contribution in [2.24, 2.45) is 0 Å². The maximum absolute atomic E-state index is 12.9. The van der Waals surface area contributed by atoms with Gasteiger partial charge in [0.15, 0.2) is 11.2 Å². The number of hydrogen-bond donors (Lipinski definition) is 1. The van der Waals surface area contributed by atoms with E-state index in [4.69, 9.17) is 21.7 Å². The Hall–Kier alpha value is -1.90. The molecule has 0 unspecified atom stereocenters. The maximum Gasteiger partial charge on any atom is 0.265 e. The molecule has 0 bridgehead atoms. The molecule has 0 aliphatic carbocycles. The van der Waals surface area contributed by atoms with E-state index in [1.165, 1.54) is 0 Å². The second kappa shape index (κ2) is 9.34. The Morgan fingerprint density at radius 1 is 1.30 bits per heavy atom. The van der Waals surface area contributed by atoms with Crippen molar-refractivity contribution in [1.82, 2.24) is 15.1 Å². The van der Waals surface area contributed by atoms with Gasteiger partial charge in [0.25, 0.3) is 5.91 Å². The van der Waals surface area contributed by atoms with Crippen LogP contribution in [0.25, 0.3) is 0 Å². The van der Waals surface area contributed by atoms with Crippen LogP contribution in [0.5, 0.6) is 5.75 Å². The lowest BCUT2D eigenvalue weighted by atomic mass is 10.1. The number of hydrogen-bond acceptors (Lipinski definition) is 5. The lowest BCUT2D eigenvalue weighted by molar-refractivity contribution is -0.142. The average molecular weight is 393 g/mol. The molecule has 27 heavy (non-hydrogen) atoms. The highest BCUT2D eigenvalue weighted by molar-refractivity contribution is 7.80. The molecule has 3 rings (SSSR count). The lowest BCUT2D eigenvalue weighted by Crippen LogP contribution is -2.55. The van der Waals surface area contributed by atoms with Crippen LogP contribution in [0.15, 0.2) is 24.3 Å². The third-order valence-electron chi connectivity index (χ3n) is 4.68. The molecule has 0 spiro atoms. The Morgan fingerprint density at radius 2 is 2.04 bits per heavy atom. The van der Waals surface area contributed by atoms with Crippen molar-refractivity contribution in [2.75, 3.05) is 64.9 Å². The van der Waals surface area contributed by atoms with Crippen LogP contribution in [0.4, 0.5) is 5.69 Å². The summed E-state index contributed by atoms with van der Waals surface area (Å²) in [5.74, 6) is 0.681. The van der Waals surface area contributed by atoms with E-state index in [0.717, 1.165) is 25.2 Å². The topological polar surface area (TPSA) is 57.3 Å². The Balaban J connectivity index is 1.68. The third kappa shape index (κ3) is 5.09. The van der Waals surface area contributed by atoms with E-state index >= 15 is 0 Å². The van der Waals surface area contributed by atoms with Gasteiger partial charge in [-0.05, 0) is 51.4 Å². The second-order valence-corrected chi connectivity index (χ2v) is 7.40. The van der Waals surface area contributed by atoms with Gasteiger partial charge >= 0.3 is 0 Å². The fourth-order valence-corrected chi connectivity index (χ4v) is 3.50. The number of para-hydroxylation sites is 2. The van der Waals surface area contributed by atoms with Gasteiger partial charge in [0, 0.05) is 19.6 Å². The molecule has 2 aliphatic heterocycles. The molecule has 1 atom stereocenters. The molecule has 8 heteroatoms. The van der Waals surface area contributed by atoms with Gasteiger partial charge in [0.05, 0.1) is 25.4 Å². The van der Waals surface area contributed by atoms with Crippen LogP contribution in [0, 0.1) is 0 Å². The number of thiocarbonyl (C=S) groups is 1. The van der Waals surface area contributed by atoms with Gasteiger partial charge in [0.2, 0.25) is 0 Å². The fourth-order valence-electron chi connectivity index (χ4n) is 3.23. The van der Waals surface area contributed by atoms with Gasteiger partial charge in [-0.1, -0.05) is 12.1 Å². The summed E-state index contributed by atoms with van der Waals surface area (Å²) in [6, 6.07) is 7.72. The van der Waals surface area contributed by atoms with Gasteiger partial charge in [-0.25, -0.2) is 0 Å². The van der Waals surface area contributed by atoms with Gasteiger partial charge in [-0.3, -0.25) is 4.79 Å². The second-order valence-electron chi connectivity index (χ2n) is 7.01. The highest BCUT2D eigenvalue weighted by atomic mass is 32.1. The average Bonchev–Trinajstić information content (AvgIpc) is 2.70. The van der Waals surface area contributed by atoms with Crippen LogP contribution in [-0.2, 0) is 9.53 Å². The van der Waals surface area contributed by atoms with Crippen molar-refractivity contribution in [1.29, 1.82) is 0 Å². The number of nitrogens with zero attached hydrogens (tertiary/aromatic N) is 3. The van der Waals surface area contributed by atoms with E-state index in [9.17, 15) is 4.79 Å². The molecule has 1 saturated heterocycles. The SMILES string of the molecule is CN(C)CCCNC(=S)N1C[C@@H](C(=O)N2CCOCC2)Oc2ccccc21. The number of ether oxygens (including phenoxy) is 2. The number of anilines is 1. The fraction of sp³-hybridized carbons (Fsp3) is 0.579. The minimum absolute atomic E-state index is 0.00629. The number of rotatable bonds is 5. The number of carbonyl (C=O) groups excluding carboxylic acids is 1. The standard InChI is InChI=1S/C19H28N4O3S/c1-21(2)9-5-8-20-19(27)23-14-17(18(24)22-10-12-25-13-11-22)26-16-7-4-3-6-15(16)23/h3-4,6-7,17H,5,8-14H2,1-2H3,(H,20,27)/t17-/m0/s1. The summed E-state index contributed by atoms with van der Waals surface area (Å²) in [6.07, 6.45) is 0.425. The molecule has 0 saturated carbocycles. The van der Waals surface area contributed by atoms with E-state index in [1.54, 1.807) is 0 Å². The third-order valence-corrected chi connectivity index (χ3v) is 5.04. The summed E-state index contributed by atoms with van der Waals surface area (Å²) in [7, 11) is 4.11. The molecule has 1 amide bonds. The van der Waals surface area contributed by atoms with Crippen LogP contribution in [0.2, 0.25) is 0 Å². The number of morpholine rings is 1. The number of nitrogens with one attached hydrogen (secondary N) is 1. The molecule has 1 aromatic rings. The summed E-state index contributed by atoms with van der Waals surface area (Å²) in [6.45, 7) is 4.55. The molecule has 2 aliphatic rings. The Kier molecular flexibility index (Phi) is 6.87. The molecule has 1 N–H and O–H groups in total. The molecule has 1 aromatic carbocycles. The first-order chi connectivity index (χ1) is 13.1. The van der Waals surface area contributed by atoms with Crippen LogP contribution >= 0.6 is 12.2 Å². The van der Waals surface area contributed by atoms with Crippen molar-refractivity contribution in [3.05, 3.63) is 24.3 Å². The highest BCUT2D eigenvalue weighted by Crippen LogP contribution is 2.33. The summed E-state index contributed by atoms with van der Waals surface area (Å²) in [5, 5.41) is 3.95. The molecule has 1 fully saturated rings. The first-order valence-corrected chi connectivity index (χ1v) is 9.79. The first kappa shape index (κ1) is 19.9. The van der Waals surface area contributed by atoms with E-state index in [-0.39, 0.29) is 5.91 Å². The Labute approximate surface area is 166 Å². The monoisotopic (exact) mass is 392 g/mol. The number of amides is 1. The highest BCUT2D eigenvalue weighted by Gasteiger charge is 2.35. The van der Waals surface area contributed by atoms with Gasteiger partial charge < -0.3 is 29.5 Å². The largest absolute Gasteiger partial charge is 0.476 e. The van der Waals surface area contributed by atoms with Gasteiger partial charge in [0.1, 0.15) is 5.75 Å². The van der Waals surface area contributed by atoms with Crippen molar-refractivity contribution in [2.45, 2.75) is 12.5 Å². The molecular weight excluding hydrogens is 364 g/mol. The minimum atomic E-state index is -0.570. The molecular formula is C19H28N4O3S. The van der Waals surface area contributed by atoms with Crippen molar-refractivity contribution in [3.8, 4) is 5.75 Å². The van der Waals surface area contributed by atoms with Crippen LogP contribution in [-0.4, -0.2) is 87.0 Å². The summed E-state index contributed by atoms with van der Waals surface area (Å²) >= 11 is 5.63. The van der Waals surface area contributed by atoms with Gasteiger partial charge in [-0.2, -0.15) is 0 Å². The molecule has 7 nitrogen and oxygen atoms in total. The zero-order valence-corrected chi connectivity index (χ0v) is 16.8. The minimum Gasteiger partial charge on any atom is -0.476 e. The van der Waals surface area contributed by atoms with Crippen LogP contribution < -0.4 is 15.0 Å². The van der Waals surface area contributed by atoms with E-state index in [1.807, 2.05) is 34.1 Å². The predicted molar refractivity (Wildman–Crippen MR) is 109 cm³/mol. The quantitative estimate of drug-likeness (QED) is 0.591. The van der Waals surface area contributed by atoms with E-state index < -0.39 is 6.10 Å². The maximum atomic E-state index is 12.9. The van der Waals surface area contributed by atoms with Crippen molar-refractivity contribution in [3.63, 3.8) is 0 Å². The number of fused-ring (bicyclic) bond motifs is 1. The molecule has 148 valence electrons. The summed E-state index contributed by atoms with van der Waals surface area (Å²) < 4.78 is 11.4. The summed E-state index contributed by atoms with van der Waals surface area (Å²) in [5.41, 5.74) is 0.897. The number of carbonyl (C=O) groups is 1. The smallest absolute Gasteiger partial charge is 0.265 e. The predicted octanol–water partition coefficient (Wildman–Crippen LogP) is 0.939. The van der Waals surface area contributed by atoms with E-state index in [2.05, 4.69) is 24.3 Å².